The van der Waals surface area contributed by atoms with Crippen LogP contribution in [0.25, 0.3) is 0 Å². The van der Waals surface area contributed by atoms with Crippen molar-refractivity contribution in [1.29, 1.82) is 5.26 Å². The number of hydrogen-bond donors (Lipinski definition) is 1. The van der Waals surface area contributed by atoms with Crippen molar-refractivity contribution >= 4 is 35.0 Å². The van der Waals surface area contributed by atoms with Crippen LogP contribution in [0.15, 0.2) is 42.5 Å². The SMILES string of the molecule is Cc1ccc(NC(=O)CSCc2cccc(C#N)c2)cc1Cl. The van der Waals surface area contributed by atoms with Crippen LogP contribution in [-0.2, 0) is 10.5 Å². The Morgan fingerprint density at radius 2 is 2.14 bits per heavy atom. The molecule has 0 heterocycles. The van der Waals surface area contributed by atoms with Crippen molar-refractivity contribution in [2.45, 2.75) is 12.7 Å². The van der Waals surface area contributed by atoms with Gasteiger partial charge in [0.25, 0.3) is 0 Å². The van der Waals surface area contributed by atoms with Gasteiger partial charge < -0.3 is 5.32 Å². The molecule has 0 radical (unpaired) electrons. The normalized spacial score (nSPS) is 10.0. The highest BCUT2D eigenvalue weighted by Crippen LogP contribution is 2.20. The fraction of sp³-hybridized carbons (Fsp3) is 0.176. The number of halogens is 1. The molecule has 22 heavy (non-hydrogen) atoms. The van der Waals surface area contributed by atoms with Gasteiger partial charge in [0.05, 0.1) is 17.4 Å². The van der Waals surface area contributed by atoms with E-state index in [0.717, 1.165) is 11.1 Å². The van der Waals surface area contributed by atoms with Crippen LogP contribution < -0.4 is 5.32 Å². The van der Waals surface area contributed by atoms with E-state index in [-0.39, 0.29) is 5.91 Å². The predicted molar refractivity (Wildman–Crippen MR) is 92.1 cm³/mol. The molecule has 1 amide bonds. The lowest BCUT2D eigenvalue weighted by atomic mass is 10.2. The molecule has 0 spiro atoms. The first-order valence-corrected chi connectivity index (χ1v) is 8.24. The lowest BCUT2D eigenvalue weighted by molar-refractivity contribution is -0.113. The van der Waals surface area contributed by atoms with Crippen molar-refractivity contribution in [2.75, 3.05) is 11.1 Å². The van der Waals surface area contributed by atoms with E-state index in [0.29, 0.717) is 27.8 Å². The molecule has 5 heteroatoms. The van der Waals surface area contributed by atoms with Crippen LogP contribution in [0.1, 0.15) is 16.7 Å². The maximum Gasteiger partial charge on any atom is 0.234 e. The van der Waals surface area contributed by atoms with Gasteiger partial charge >= 0.3 is 0 Å². The molecular formula is C17H15ClN2OS. The number of nitriles is 1. The number of amides is 1. The Morgan fingerprint density at radius 3 is 2.86 bits per heavy atom. The van der Waals surface area contributed by atoms with Crippen LogP contribution in [0, 0.1) is 18.3 Å². The lowest BCUT2D eigenvalue weighted by Gasteiger charge is -2.07. The predicted octanol–water partition coefficient (Wildman–Crippen LogP) is 4.39. The number of rotatable bonds is 5. The van der Waals surface area contributed by atoms with Gasteiger partial charge in [-0.15, -0.1) is 11.8 Å². The third-order valence-electron chi connectivity index (χ3n) is 3.01. The number of hydrogen-bond acceptors (Lipinski definition) is 3. The van der Waals surface area contributed by atoms with Crippen molar-refractivity contribution in [3.8, 4) is 6.07 Å². The van der Waals surface area contributed by atoms with Crippen LogP contribution in [0.3, 0.4) is 0 Å². The van der Waals surface area contributed by atoms with E-state index in [9.17, 15) is 4.79 Å². The van der Waals surface area contributed by atoms with Crippen molar-refractivity contribution in [3.05, 3.63) is 64.2 Å². The summed E-state index contributed by atoms with van der Waals surface area (Å²) in [5.74, 6) is 0.973. The summed E-state index contributed by atoms with van der Waals surface area (Å²) in [6.45, 7) is 1.92. The molecule has 0 aliphatic heterocycles. The van der Waals surface area contributed by atoms with Gasteiger partial charge in [-0.3, -0.25) is 4.79 Å². The third kappa shape index (κ3) is 4.80. The zero-order chi connectivity index (χ0) is 15.9. The van der Waals surface area contributed by atoms with Crippen molar-refractivity contribution < 1.29 is 4.79 Å². The molecular weight excluding hydrogens is 316 g/mol. The summed E-state index contributed by atoms with van der Waals surface area (Å²) in [5, 5.41) is 12.3. The Balaban J connectivity index is 1.82. The second-order valence-corrected chi connectivity index (χ2v) is 6.21. The minimum atomic E-state index is -0.0682. The smallest absolute Gasteiger partial charge is 0.234 e. The van der Waals surface area contributed by atoms with Gasteiger partial charge in [-0.2, -0.15) is 5.26 Å². The fourth-order valence-corrected chi connectivity index (χ4v) is 2.82. The molecule has 0 fully saturated rings. The molecule has 1 N–H and O–H groups in total. The highest BCUT2D eigenvalue weighted by Gasteiger charge is 2.05. The monoisotopic (exact) mass is 330 g/mol. The van der Waals surface area contributed by atoms with Crippen LogP contribution >= 0.6 is 23.4 Å². The fourth-order valence-electron chi connectivity index (χ4n) is 1.86. The van der Waals surface area contributed by atoms with Gasteiger partial charge in [0.15, 0.2) is 0 Å². The number of thioether (sulfide) groups is 1. The molecule has 0 unspecified atom stereocenters. The Hall–Kier alpha value is -1.96. The van der Waals surface area contributed by atoms with Gasteiger partial charge in [-0.1, -0.05) is 29.8 Å². The topological polar surface area (TPSA) is 52.9 Å². The lowest BCUT2D eigenvalue weighted by Crippen LogP contribution is -2.14. The van der Waals surface area contributed by atoms with Crippen molar-refractivity contribution in [1.82, 2.24) is 0 Å². The van der Waals surface area contributed by atoms with Crippen LogP contribution in [-0.4, -0.2) is 11.7 Å². The Labute approximate surface area is 139 Å². The number of carbonyl (C=O) groups excluding carboxylic acids is 1. The minimum absolute atomic E-state index is 0.0682. The second kappa shape index (κ2) is 7.88. The van der Waals surface area contributed by atoms with E-state index in [1.807, 2.05) is 37.3 Å². The van der Waals surface area contributed by atoms with E-state index in [1.54, 1.807) is 12.1 Å². The number of carbonyl (C=O) groups is 1. The molecule has 0 atom stereocenters. The summed E-state index contributed by atoms with van der Waals surface area (Å²) in [6.07, 6.45) is 0. The number of aryl methyl sites for hydroxylation is 1. The number of nitrogens with one attached hydrogen (secondary N) is 1. The molecule has 0 saturated heterocycles. The summed E-state index contributed by atoms with van der Waals surface area (Å²) in [5.41, 5.74) is 3.35. The van der Waals surface area contributed by atoms with Gasteiger partial charge in [0, 0.05) is 16.5 Å². The first-order valence-electron chi connectivity index (χ1n) is 6.71. The van der Waals surface area contributed by atoms with Gasteiger partial charge in [0.1, 0.15) is 0 Å². The quantitative estimate of drug-likeness (QED) is 0.884. The van der Waals surface area contributed by atoms with E-state index < -0.39 is 0 Å². The van der Waals surface area contributed by atoms with Crippen molar-refractivity contribution in [2.24, 2.45) is 0 Å². The van der Waals surface area contributed by atoms with E-state index >= 15 is 0 Å². The van der Waals surface area contributed by atoms with Gasteiger partial charge in [-0.25, -0.2) is 0 Å². The zero-order valence-corrected chi connectivity index (χ0v) is 13.7. The highest BCUT2D eigenvalue weighted by molar-refractivity contribution is 7.99. The summed E-state index contributed by atoms with van der Waals surface area (Å²) < 4.78 is 0. The standard InChI is InChI=1S/C17H15ClN2OS/c1-12-5-6-15(8-16(12)18)20-17(21)11-22-10-14-4-2-3-13(7-14)9-19/h2-8H,10-11H2,1H3,(H,20,21). The van der Waals surface area contributed by atoms with E-state index in [4.69, 9.17) is 16.9 Å². The molecule has 0 bridgehead atoms. The Bertz CT molecular complexity index is 725. The molecule has 0 saturated carbocycles. The number of nitrogens with zero attached hydrogens (tertiary/aromatic N) is 1. The third-order valence-corrected chi connectivity index (χ3v) is 4.42. The largest absolute Gasteiger partial charge is 0.325 e. The first-order chi connectivity index (χ1) is 10.6. The van der Waals surface area contributed by atoms with Gasteiger partial charge in [0.2, 0.25) is 5.91 Å². The Kier molecular flexibility index (Phi) is 5.88. The molecule has 2 aromatic carbocycles. The summed E-state index contributed by atoms with van der Waals surface area (Å²) in [4.78, 5) is 11.9. The molecule has 2 rings (SSSR count). The molecule has 0 aliphatic carbocycles. The molecule has 0 aliphatic rings. The van der Waals surface area contributed by atoms with Crippen LogP contribution in [0.5, 0.6) is 0 Å². The average molecular weight is 331 g/mol. The van der Waals surface area contributed by atoms with Crippen LogP contribution in [0.2, 0.25) is 5.02 Å². The summed E-state index contributed by atoms with van der Waals surface area (Å²) >= 11 is 7.53. The molecule has 112 valence electrons. The molecule has 0 aromatic heterocycles. The molecule has 3 nitrogen and oxygen atoms in total. The van der Waals surface area contributed by atoms with Crippen molar-refractivity contribution in [3.63, 3.8) is 0 Å². The van der Waals surface area contributed by atoms with Crippen LogP contribution in [0.4, 0.5) is 5.69 Å². The summed E-state index contributed by atoms with van der Waals surface area (Å²) in [6, 6.07) is 15.0. The highest BCUT2D eigenvalue weighted by atomic mass is 35.5. The maximum absolute atomic E-state index is 11.9. The number of benzene rings is 2. The van der Waals surface area contributed by atoms with Gasteiger partial charge in [-0.05, 0) is 42.3 Å². The summed E-state index contributed by atoms with van der Waals surface area (Å²) in [7, 11) is 0. The first kappa shape index (κ1) is 16.4. The zero-order valence-electron chi connectivity index (χ0n) is 12.1. The number of anilines is 1. The average Bonchev–Trinajstić information content (AvgIpc) is 2.51. The van der Waals surface area contributed by atoms with E-state index in [1.165, 1.54) is 11.8 Å². The second-order valence-electron chi connectivity index (χ2n) is 4.82. The minimum Gasteiger partial charge on any atom is -0.325 e. The van der Waals surface area contributed by atoms with E-state index in [2.05, 4.69) is 11.4 Å². The maximum atomic E-state index is 11.9. The Morgan fingerprint density at radius 1 is 1.32 bits per heavy atom. The molecule has 2 aromatic rings.